The molecule has 1 heterocycles. The van der Waals surface area contributed by atoms with Gasteiger partial charge in [-0.25, -0.2) is 0 Å². The summed E-state index contributed by atoms with van der Waals surface area (Å²) in [6.07, 6.45) is 2.44. The molecule has 1 aromatic heterocycles. The van der Waals surface area contributed by atoms with Gasteiger partial charge in [-0.2, -0.15) is 0 Å². The number of phenols is 1. The third-order valence-corrected chi connectivity index (χ3v) is 3.03. The fraction of sp³-hybridized carbons (Fsp3) is 0.250. The summed E-state index contributed by atoms with van der Waals surface area (Å²) in [6.45, 7) is 0. The number of phenolic OH excluding ortho intramolecular Hbond substituents is 1. The Balaban J connectivity index is 2.40. The van der Waals surface area contributed by atoms with Gasteiger partial charge < -0.3 is 10.1 Å². The highest BCUT2D eigenvalue weighted by Crippen LogP contribution is 2.32. The SMILES string of the molecule is O=C1CCCc2c1[nH]c1c(O)cccc21. The lowest BCUT2D eigenvalue weighted by Crippen LogP contribution is -2.09. The van der Waals surface area contributed by atoms with Gasteiger partial charge in [-0.1, -0.05) is 12.1 Å². The molecule has 0 bridgehead atoms. The Kier molecular flexibility index (Phi) is 1.63. The van der Waals surface area contributed by atoms with Crippen LogP contribution < -0.4 is 0 Å². The van der Waals surface area contributed by atoms with E-state index in [-0.39, 0.29) is 11.5 Å². The van der Waals surface area contributed by atoms with Gasteiger partial charge in [0.1, 0.15) is 5.75 Å². The summed E-state index contributed by atoms with van der Waals surface area (Å²) >= 11 is 0. The van der Waals surface area contributed by atoms with E-state index >= 15 is 0 Å². The maximum atomic E-state index is 11.7. The molecular formula is C12H11NO2. The van der Waals surface area contributed by atoms with Crippen LogP contribution in [0.25, 0.3) is 10.9 Å². The second kappa shape index (κ2) is 2.86. The Bertz CT molecular complexity index is 554. The van der Waals surface area contributed by atoms with E-state index in [2.05, 4.69) is 4.98 Å². The maximum Gasteiger partial charge on any atom is 0.179 e. The number of hydrogen-bond acceptors (Lipinski definition) is 2. The number of Topliss-reactive ketones (excluding diaryl/α,β-unsaturated/α-hetero) is 1. The molecule has 2 N–H and O–H groups in total. The molecule has 0 unspecified atom stereocenters. The first-order valence-corrected chi connectivity index (χ1v) is 5.13. The van der Waals surface area contributed by atoms with Crippen molar-refractivity contribution in [1.29, 1.82) is 0 Å². The Morgan fingerprint density at radius 3 is 3.00 bits per heavy atom. The van der Waals surface area contributed by atoms with Gasteiger partial charge in [-0.3, -0.25) is 4.79 Å². The molecule has 2 aromatic rings. The van der Waals surface area contributed by atoms with Gasteiger partial charge in [0, 0.05) is 11.8 Å². The number of fused-ring (bicyclic) bond motifs is 3. The van der Waals surface area contributed by atoms with Crippen LogP contribution >= 0.6 is 0 Å². The topological polar surface area (TPSA) is 53.1 Å². The Morgan fingerprint density at radius 2 is 2.13 bits per heavy atom. The van der Waals surface area contributed by atoms with Crippen molar-refractivity contribution in [3.63, 3.8) is 0 Å². The predicted octanol–water partition coefficient (Wildman–Crippen LogP) is 2.39. The van der Waals surface area contributed by atoms with Crippen LogP contribution in [0.3, 0.4) is 0 Å². The second-order valence-electron chi connectivity index (χ2n) is 3.95. The van der Waals surface area contributed by atoms with E-state index in [0.29, 0.717) is 17.6 Å². The number of para-hydroxylation sites is 1. The number of aryl methyl sites for hydroxylation is 1. The van der Waals surface area contributed by atoms with E-state index in [9.17, 15) is 9.90 Å². The molecule has 3 nitrogen and oxygen atoms in total. The van der Waals surface area contributed by atoms with Crippen molar-refractivity contribution >= 4 is 16.7 Å². The number of aromatic nitrogens is 1. The van der Waals surface area contributed by atoms with Gasteiger partial charge in [0.15, 0.2) is 5.78 Å². The van der Waals surface area contributed by atoms with E-state index in [1.54, 1.807) is 6.07 Å². The maximum absolute atomic E-state index is 11.7. The lowest BCUT2D eigenvalue weighted by Gasteiger charge is -2.09. The molecule has 3 rings (SSSR count). The molecule has 15 heavy (non-hydrogen) atoms. The highest BCUT2D eigenvalue weighted by molar-refractivity contribution is 6.04. The molecule has 0 saturated heterocycles. The Hall–Kier alpha value is -1.77. The zero-order valence-corrected chi connectivity index (χ0v) is 8.21. The number of H-pyrrole nitrogens is 1. The van der Waals surface area contributed by atoms with Crippen LogP contribution in [0.15, 0.2) is 18.2 Å². The van der Waals surface area contributed by atoms with Gasteiger partial charge >= 0.3 is 0 Å². The standard InChI is InChI=1S/C12H11NO2/c14-9-5-1-3-7-8-4-2-6-10(15)12(8)13-11(7)9/h1,3,5,13-14H,2,4,6H2. The van der Waals surface area contributed by atoms with Crippen LogP contribution in [0, 0.1) is 0 Å². The van der Waals surface area contributed by atoms with E-state index < -0.39 is 0 Å². The highest BCUT2D eigenvalue weighted by Gasteiger charge is 2.22. The van der Waals surface area contributed by atoms with Crippen molar-refractivity contribution in [3.8, 4) is 5.75 Å². The number of aromatic amines is 1. The third-order valence-electron chi connectivity index (χ3n) is 3.03. The molecule has 0 radical (unpaired) electrons. The average Bonchev–Trinajstić information content (AvgIpc) is 2.60. The van der Waals surface area contributed by atoms with Gasteiger partial charge in [-0.05, 0) is 24.5 Å². The molecule has 1 aliphatic rings. The normalized spacial score (nSPS) is 15.6. The summed E-state index contributed by atoms with van der Waals surface area (Å²) in [4.78, 5) is 14.7. The van der Waals surface area contributed by atoms with Crippen LogP contribution in [-0.4, -0.2) is 15.9 Å². The fourth-order valence-electron chi connectivity index (χ4n) is 2.31. The number of carbonyl (C=O) groups excluding carboxylic acids is 1. The number of benzene rings is 1. The highest BCUT2D eigenvalue weighted by atomic mass is 16.3. The zero-order valence-electron chi connectivity index (χ0n) is 8.21. The van der Waals surface area contributed by atoms with Crippen molar-refractivity contribution < 1.29 is 9.90 Å². The first kappa shape index (κ1) is 8.53. The molecule has 1 aromatic carbocycles. The molecule has 0 aliphatic heterocycles. The first-order valence-electron chi connectivity index (χ1n) is 5.13. The summed E-state index contributed by atoms with van der Waals surface area (Å²) in [6, 6.07) is 5.39. The van der Waals surface area contributed by atoms with Gasteiger partial charge in [0.2, 0.25) is 0 Å². The minimum absolute atomic E-state index is 0.159. The smallest absolute Gasteiger partial charge is 0.179 e. The molecule has 0 fully saturated rings. The largest absolute Gasteiger partial charge is 0.506 e. The number of aromatic hydroxyl groups is 1. The number of carbonyl (C=O) groups is 1. The van der Waals surface area contributed by atoms with Gasteiger partial charge in [-0.15, -0.1) is 0 Å². The number of ketones is 1. The molecule has 76 valence electrons. The quantitative estimate of drug-likeness (QED) is 0.687. The third kappa shape index (κ3) is 1.09. The molecular weight excluding hydrogens is 190 g/mol. The monoisotopic (exact) mass is 201 g/mol. The van der Waals surface area contributed by atoms with E-state index in [0.717, 1.165) is 23.8 Å². The lowest BCUT2D eigenvalue weighted by molar-refractivity contribution is 0.0968. The summed E-state index contributed by atoms with van der Waals surface area (Å²) in [5.74, 6) is 0.376. The predicted molar refractivity (Wildman–Crippen MR) is 57.2 cm³/mol. The van der Waals surface area contributed by atoms with Crippen LogP contribution in [-0.2, 0) is 6.42 Å². The van der Waals surface area contributed by atoms with E-state index in [1.807, 2.05) is 12.1 Å². The summed E-state index contributed by atoms with van der Waals surface area (Å²) < 4.78 is 0. The van der Waals surface area contributed by atoms with Crippen molar-refractivity contribution in [2.75, 3.05) is 0 Å². The molecule has 0 amide bonds. The molecule has 0 spiro atoms. The molecule has 1 aliphatic carbocycles. The Labute approximate surface area is 86.7 Å². The minimum atomic E-state index is 0.159. The number of nitrogens with one attached hydrogen (secondary N) is 1. The van der Waals surface area contributed by atoms with Crippen LogP contribution in [0.5, 0.6) is 5.75 Å². The molecule has 0 saturated carbocycles. The zero-order chi connectivity index (χ0) is 10.4. The molecule has 0 atom stereocenters. The fourth-order valence-corrected chi connectivity index (χ4v) is 2.31. The van der Waals surface area contributed by atoms with Gasteiger partial charge in [0.05, 0.1) is 11.2 Å². The Morgan fingerprint density at radius 1 is 1.27 bits per heavy atom. The van der Waals surface area contributed by atoms with Crippen molar-refractivity contribution in [2.24, 2.45) is 0 Å². The molecule has 3 heteroatoms. The van der Waals surface area contributed by atoms with Gasteiger partial charge in [0.25, 0.3) is 0 Å². The van der Waals surface area contributed by atoms with Crippen LogP contribution in [0.2, 0.25) is 0 Å². The van der Waals surface area contributed by atoms with E-state index in [1.165, 1.54) is 0 Å². The van der Waals surface area contributed by atoms with Crippen LogP contribution in [0.4, 0.5) is 0 Å². The number of rotatable bonds is 0. The second-order valence-corrected chi connectivity index (χ2v) is 3.95. The van der Waals surface area contributed by atoms with Crippen molar-refractivity contribution in [3.05, 3.63) is 29.5 Å². The van der Waals surface area contributed by atoms with Crippen molar-refractivity contribution in [2.45, 2.75) is 19.3 Å². The van der Waals surface area contributed by atoms with E-state index in [4.69, 9.17) is 0 Å². The average molecular weight is 201 g/mol. The van der Waals surface area contributed by atoms with Crippen molar-refractivity contribution in [1.82, 2.24) is 4.98 Å². The number of hydrogen-bond donors (Lipinski definition) is 2. The minimum Gasteiger partial charge on any atom is -0.506 e. The summed E-state index contributed by atoms with van der Waals surface area (Å²) in [7, 11) is 0. The van der Waals surface area contributed by atoms with Crippen LogP contribution in [0.1, 0.15) is 28.9 Å². The lowest BCUT2D eigenvalue weighted by atomic mass is 9.95. The first-order chi connectivity index (χ1) is 7.27. The summed E-state index contributed by atoms with van der Waals surface area (Å²) in [5.41, 5.74) is 2.45. The summed E-state index contributed by atoms with van der Waals surface area (Å²) in [5, 5.41) is 10.6.